The highest BCUT2D eigenvalue weighted by atomic mass is 16.5. The first kappa shape index (κ1) is 14.1. The number of rotatable bonds is 3. The van der Waals surface area contributed by atoms with Crippen LogP contribution in [0.25, 0.3) is 16.9 Å². The van der Waals surface area contributed by atoms with Crippen LogP contribution in [-0.2, 0) is 4.74 Å². The van der Waals surface area contributed by atoms with Gasteiger partial charge in [-0.3, -0.25) is 0 Å². The van der Waals surface area contributed by atoms with Crippen LogP contribution in [0.15, 0.2) is 66.7 Å². The molecule has 0 aliphatic carbocycles. The summed E-state index contributed by atoms with van der Waals surface area (Å²) in [7, 11) is 1.39. The molecule has 22 heavy (non-hydrogen) atoms. The first-order chi connectivity index (χ1) is 10.7. The number of aromatic nitrogens is 1. The lowest BCUT2D eigenvalue weighted by atomic mass is 10.1. The third-order valence-corrected chi connectivity index (χ3v) is 3.67. The maximum Gasteiger partial charge on any atom is 0.337 e. The number of carbonyl (C=O) groups is 1. The van der Waals surface area contributed by atoms with E-state index in [-0.39, 0.29) is 5.97 Å². The summed E-state index contributed by atoms with van der Waals surface area (Å²) in [5.74, 6) is -0.326. The first-order valence-electron chi connectivity index (χ1n) is 7.13. The maximum atomic E-state index is 11.7. The van der Waals surface area contributed by atoms with E-state index in [0.29, 0.717) is 5.56 Å². The highest BCUT2D eigenvalue weighted by Gasteiger charge is 2.11. The van der Waals surface area contributed by atoms with Crippen molar-refractivity contribution in [1.82, 2.24) is 4.57 Å². The molecule has 2 aromatic carbocycles. The molecule has 0 fully saturated rings. The fourth-order valence-corrected chi connectivity index (χ4v) is 2.61. The second kappa shape index (κ2) is 5.90. The molecule has 0 saturated carbocycles. The molecule has 0 spiro atoms. The Morgan fingerprint density at radius 3 is 2.45 bits per heavy atom. The van der Waals surface area contributed by atoms with Gasteiger partial charge in [-0.15, -0.1) is 0 Å². The topological polar surface area (TPSA) is 31.2 Å². The Hall–Kier alpha value is -2.81. The van der Waals surface area contributed by atoms with E-state index in [9.17, 15) is 4.79 Å². The third-order valence-electron chi connectivity index (χ3n) is 3.67. The van der Waals surface area contributed by atoms with E-state index >= 15 is 0 Å². The monoisotopic (exact) mass is 291 g/mol. The van der Waals surface area contributed by atoms with Gasteiger partial charge in [-0.1, -0.05) is 36.4 Å². The van der Waals surface area contributed by atoms with Gasteiger partial charge in [0.1, 0.15) is 0 Å². The van der Waals surface area contributed by atoms with E-state index in [1.807, 2.05) is 36.4 Å². The molecule has 0 aliphatic heterocycles. The van der Waals surface area contributed by atoms with Gasteiger partial charge in [0, 0.05) is 11.4 Å². The van der Waals surface area contributed by atoms with Gasteiger partial charge in [0.2, 0.25) is 0 Å². The van der Waals surface area contributed by atoms with Gasteiger partial charge < -0.3 is 9.30 Å². The molecule has 1 aromatic heterocycles. The predicted octanol–water partition coefficient (Wildman–Crippen LogP) is 4.24. The van der Waals surface area contributed by atoms with E-state index < -0.39 is 0 Å². The summed E-state index contributed by atoms with van der Waals surface area (Å²) in [5, 5.41) is 0. The summed E-state index contributed by atoms with van der Waals surface area (Å²) in [4.78, 5) is 11.7. The SMILES string of the molecule is COC(=O)c1cccc(-n2c(C)ccc2-c2ccccc2)c1. The van der Waals surface area contributed by atoms with E-state index in [1.165, 1.54) is 7.11 Å². The van der Waals surface area contributed by atoms with Crippen LogP contribution in [0.2, 0.25) is 0 Å². The first-order valence-corrected chi connectivity index (χ1v) is 7.13. The van der Waals surface area contributed by atoms with Crippen LogP contribution in [0.5, 0.6) is 0 Å². The minimum Gasteiger partial charge on any atom is -0.465 e. The highest BCUT2D eigenvalue weighted by molar-refractivity contribution is 5.90. The van der Waals surface area contributed by atoms with Crippen molar-refractivity contribution >= 4 is 5.97 Å². The van der Waals surface area contributed by atoms with Crippen molar-refractivity contribution in [3.63, 3.8) is 0 Å². The number of methoxy groups -OCH3 is 1. The molecular weight excluding hydrogens is 274 g/mol. The number of hydrogen-bond acceptors (Lipinski definition) is 2. The molecule has 0 bridgehead atoms. The maximum absolute atomic E-state index is 11.7. The van der Waals surface area contributed by atoms with Crippen molar-refractivity contribution < 1.29 is 9.53 Å². The van der Waals surface area contributed by atoms with E-state index in [4.69, 9.17) is 4.74 Å². The predicted molar refractivity (Wildman–Crippen MR) is 87.3 cm³/mol. The average molecular weight is 291 g/mol. The van der Waals surface area contributed by atoms with Crippen molar-refractivity contribution in [3.8, 4) is 16.9 Å². The second-order valence-electron chi connectivity index (χ2n) is 5.10. The van der Waals surface area contributed by atoms with Crippen LogP contribution in [0.1, 0.15) is 16.1 Å². The fourth-order valence-electron chi connectivity index (χ4n) is 2.61. The van der Waals surface area contributed by atoms with Gasteiger partial charge in [0.05, 0.1) is 18.4 Å². The molecule has 3 heteroatoms. The molecular formula is C19H17NO2. The summed E-state index contributed by atoms with van der Waals surface area (Å²) in [6.45, 7) is 2.05. The Labute approximate surface area is 129 Å². The van der Waals surface area contributed by atoms with Gasteiger partial charge in [-0.05, 0) is 42.8 Å². The van der Waals surface area contributed by atoms with E-state index in [1.54, 1.807) is 6.07 Å². The highest BCUT2D eigenvalue weighted by Crippen LogP contribution is 2.26. The number of aryl methyl sites for hydroxylation is 1. The molecule has 3 rings (SSSR count). The lowest BCUT2D eigenvalue weighted by Gasteiger charge is -2.13. The summed E-state index contributed by atoms with van der Waals surface area (Å²) >= 11 is 0. The molecule has 0 radical (unpaired) electrons. The van der Waals surface area contributed by atoms with E-state index in [2.05, 4.69) is 35.8 Å². The normalized spacial score (nSPS) is 10.5. The molecule has 0 saturated heterocycles. The van der Waals surface area contributed by atoms with Crippen molar-refractivity contribution in [2.75, 3.05) is 7.11 Å². The minimum absolute atomic E-state index is 0.326. The zero-order valence-electron chi connectivity index (χ0n) is 12.6. The lowest BCUT2D eigenvalue weighted by Crippen LogP contribution is -2.04. The number of nitrogens with zero attached hydrogens (tertiary/aromatic N) is 1. The van der Waals surface area contributed by atoms with E-state index in [0.717, 1.165) is 22.6 Å². The minimum atomic E-state index is -0.326. The fraction of sp³-hybridized carbons (Fsp3) is 0.105. The summed E-state index contributed by atoms with van der Waals surface area (Å²) in [5.41, 5.74) is 4.84. The number of benzene rings is 2. The second-order valence-corrected chi connectivity index (χ2v) is 5.10. The van der Waals surface area contributed by atoms with Gasteiger partial charge in [0.25, 0.3) is 0 Å². The van der Waals surface area contributed by atoms with Crippen LogP contribution in [0, 0.1) is 6.92 Å². The molecule has 0 amide bonds. The molecule has 0 unspecified atom stereocenters. The Bertz CT molecular complexity index is 803. The Balaban J connectivity index is 2.13. The molecule has 3 nitrogen and oxygen atoms in total. The quantitative estimate of drug-likeness (QED) is 0.676. The molecule has 0 N–H and O–H groups in total. The summed E-state index contributed by atoms with van der Waals surface area (Å²) < 4.78 is 6.95. The Morgan fingerprint density at radius 2 is 1.73 bits per heavy atom. The molecule has 110 valence electrons. The number of hydrogen-bond donors (Lipinski definition) is 0. The Kier molecular flexibility index (Phi) is 3.79. The largest absolute Gasteiger partial charge is 0.465 e. The van der Waals surface area contributed by atoms with Crippen LogP contribution < -0.4 is 0 Å². The molecule has 3 aromatic rings. The van der Waals surface area contributed by atoms with Crippen molar-refractivity contribution in [3.05, 3.63) is 78.0 Å². The zero-order valence-corrected chi connectivity index (χ0v) is 12.6. The number of ether oxygens (including phenoxy) is 1. The average Bonchev–Trinajstić information content (AvgIpc) is 2.96. The van der Waals surface area contributed by atoms with Crippen LogP contribution in [0.4, 0.5) is 0 Å². The van der Waals surface area contributed by atoms with Gasteiger partial charge in [-0.25, -0.2) is 4.79 Å². The third kappa shape index (κ3) is 2.53. The van der Waals surface area contributed by atoms with Crippen LogP contribution in [-0.4, -0.2) is 17.6 Å². The number of esters is 1. The van der Waals surface area contributed by atoms with Crippen molar-refractivity contribution in [2.45, 2.75) is 6.92 Å². The molecule has 0 aliphatic rings. The van der Waals surface area contributed by atoms with Crippen molar-refractivity contribution in [1.29, 1.82) is 0 Å². The molecule has 0 atom stereocenters. The van der Waals surface area contributed by atoms with Crippen molar-refractivity contribution in [2.24, 2.45) is 0 Å². The lowest BCUT2D eigenvalue weighted by molar-refractivity contribution is 0.0600. The van der Waals surface area contributed by atoms with Gasteiger partial charge in [-0.2, -0.15) is 0 Å². The Morgan fingerprint density at radius 1 is 0.955 bits per heavy atom. The van der Waals surface area contributed by atoms with Crippen LogP contribution >= 0.6 is 0 Å². The smallest absolute Gasteiger partial charge is 0.337 e. The number of carbonyl (C=O) groups excluding carboxylic acids is 1. The van der Waals surface area contributed by atoms with Gasteiger partial charge in [0.15, 0.2) is 0 Å². The van der Waals surface area contributed by atoms with Gasteiger partial charge >= 0.3 is 5.97 Å². The molecule has 1 heterocycles. The zero-order chi connectivity index (χ0) is 15.5. The summed E-state index contributed by atoms with van der Waals surface area (Å²) in [6, 6.07) is 21.8. The van der Waals surface area contributed by atoms with Crippen LogP contribution in [0.3, 0.4) is 0 Å². The summed E-state index contributed by atoms with van der Waals surface area (Å²) in [6.07, 6.45) is 0. The standard InChI is InChI=1S/C19H17NO2/c1-14-11-12-18(15-7-4-3-5-8-15)20(14)17-10-6-9-16(13-17)19(21)22-2/h3-13H,1-2H3.